The van der Waals surface area contributed by atoms with Crippen LogP contribution in [0.4, 0.5) is 0 Å². The van der Waals surface area contributed by atoms with Crippen LogP contribution in [0.1, 0.15) is 93.7 Å². The van der Waals surface area contributed by atoms with Crippen LogP contribution in [-0.4, -0.2) is 200 Å². The van der Waals surface area contributed by atoms with Gasteiger partial charge >= 0.3 is 0 Å². The second kappa shape index (κ2) is 44.8. The smallest absolute Gasteiger partial charge is 0.244 e. The van der Waals surface area contributed by atoms with Gasteiger partial charge in [-0.05, 0) is 84.9 Å². The number of aromatic hydroxyl groups is 1. The Hall–Kier alpha value is -11.7. The quantitative estimate of drug-likeness (QED) is 0.00947. The Morgan fingerprint density at radius 1 is 0.562 bits per heavy atom. The molecule has 0 radical (unpaired) electrons. The average Bonchev–Trinajstić information content (AvgIpc) is 1.60. The molecule has 1 aliphatic rings. The number of amides is 12. The molecule has 1 saturated heterocycles. The minimum absolute atomic E-state index is 0.00963. The lowest BCUT2D eigenvalue weighted by Gasteiger charge is -2.29. The number of rotatable bonds is 35. The highest BCUT2D eigenvalue weighted by molar-refractivity contribution is 8.76. The number of guanidine groups is 2. The van der Waals surface area contributed by atoms with E-state index in [1.54, 1.807) is 117 Å². The zero-order valence-corrected chi connectivity index (χ0v) is 64.1. The molecule has 12 amide bonds. The van der Waals surface area contributed by atoms with Crippen molar-refractivity contribution in [3.8, 4) is 5.75 Å². The molecule has 7 rings (SSSR count). The molecule has 0 unspecified atom stereocenters. The molecule has 0 spiro atoms. The molecule has 3 heterocycles. The third-order valence-electron chi connectivity index (χ3n) is 18.1. The topological polar surface area (TPSA) is 578 Å². The van der Waals surface area contributed by atoms with Crippen molar-refractivity contribution in [2.75, 3.05) is 31.1 Å². The molecule has 1 aliphatic heterocycles. The summed E-state index contributed by atoms with van der Waals surface area (Å²) in [6, 6.07) is 14.3. The van der Waals surface area contributed by atoms with E-state index in [4.69, 9.17) is 33.8 Å². The van der Waals surface area contributed by atoms with Gasteiger partial charge in [-0.15, -0.1) is 0 Å². The Bertz CT molecular complexity index is 4180. The summed E-state index contributed by atoms with van der Waals surface area (Å²) in [5, 5.41) is 61.5. The van der Waals surface area contributed by atoms with Crippen LogP contribution >= 0.6 is 21.6 Å². The lowest BCUT2D eigenvalue weighted by Crippen LogP contribution is -2.62. The second-order valence-electron chi connectivity index (χ2n) is 27.3. The Morgan fingerprint density at radius 3 is 1.77 bits per heavy atom. The zero-order chi connectivity index (χ0) is 81.2. The lowest BCUT2D eigenvalue weighted by molar-refractivity contribution is -0.136. The van der Waals surface area contributed by atoms with Gasteiger partial charge in [-0.2, -0.15) is 0 Å². The number of carbonyl (C=O) groups is 12. The van der Waals surface area contributed by atoms with Gasteiger partial charge in [0, 0.05) is 73.6 Å². The standard InChI is InChI=1S/C75H102N22O13S2/c1-4-5-21-52(90-73(110)62(42(2)3)97-63(100)50(76)31-45-25-27-48(98)28-26-45)67(104)95-60-40-112-111-39-59(71(108)89-54(24-15-30-84-75(80)81)65(102)91-55(64(101)86-38-61(77)99)32-43-16-8-6-9-17-43)96-69(106)57(34-46-36-85-51-22-13-12-20-49(46)51)93-66(103)53(23-14-29-83-74(78)79)88-68(105)56(33-44-18-10-7-11-19-44)92-70(107)58(94-72(60)109)35-47-37-82-41-87-47/h6-13,16-20,22,25-28,36-37,41-42,50,52-60,62,85,98H,4-5,14-15,21,23-24,29-35,38-40,76H2,1-3H3,(H2,77,99)(H,82,87)(H,86,101)(H,88,105)(H,89,108)(H,90,110)(H,91,102)(H,92,107)(H,93,103)(H,94,109)(H,95,104)(H,96,106)(H,97,100)(H4,78,79,83)(H4,80,81,84)/t50-,52-,53-,54-,55-,56-,57-,58-,59+,60-,62-/m0/s1. The van der Waals surface area contributed by atoms with E-state index >= 15 is 33.6 Å². The summed E-state index contributed by atoms with van der Waals surface area (Å²) in [5.41, 5.74) is 26.2. The predicted molar refractivity (Wildman–Crippen MR) is 423 cm³/mol. The van der Waals surface area contributed by atoms with E-state index in [1.165, 1.54) is 24.7 Å². The summed E-state index contributed by atoms with van der Waals surface area (Å²) in [6.45, 7) is 4.68. The highest BCUT2D eigenvalue weighted by Crippen LogP contribution is 2.25. The molecule has 11 atom stereocenters. The minimum Gasteiger partial charge on any atom is -0.508 e. The van der Waals surface area contributed by atoms with Crippen LogP contribution in [0.2, 0.25) is 0 Å². The SMILES string of the molecule is CCCC[C@H](NC(=O)[C@@H](NC(=O)[C@@H](N)Cc1ccc(O)cc1)C(C)C)C(=O)N[C@H]1CSSC[C@H](C(=O)N[C@@H](CCCNC(=N)N)C(=O)N[C@@H](Cc2ccccc2)C(=O)NCC(N)=O)NC(=O)[C@H](Cc2c[nH]c3ccccc23)NC(=O)[C@H](CCCNC(=N)N)NC(=O)[C@H](Cc2ccccc2)NC(=O)[C@H](Cc2c[nH]cn2)NC1=O. The van der Waals surface area contributed by atoms with Crippen LogP contribution in [0.3, 0.4) is 0 Å². The van der Waals surface area contributed by atoms with Crippen molar-refractivity contribution in [3.05, 3.63) is 156 Å². The van der Waals surface area contributed by atoms with Crippen molar-refractivity contribution >= 4 is 115 Å². The number of para-hydroxylation sites is 1. The normalized spacial score (nSPS) is 18.7. The van der Waals surface area contributed by atoms with Crippen molar-refractivity contribution in [3.63, 3.8) is 0 Å². The number of aromatic nitrogens is 3. The van der Waals surface area contributed by atoms with Gasteiger partial charge in [0.2, 0.25) is 70.9 Å². The number of aromatic amines is 2. The Kier molecular flexibility index (Phi) is 35.0. The molecule has 602 valence electrons. The number of unbranched alkanes of at least 4 members (excludes halogenated alkanes) is 1. The highest BCUT2D eigenvalue weighted by atomic mass is 33.1. The minimum atomic E-state index is -1.68. The molecular formula is C75H102N22O13S2. The fraction of sp³-hybridized carbons (Fsp3) is 0.427. The first-order valence-electron chi connectivity index (χ1n) is 36.8. The molecule has 112 heavy (non-hydrogen) atoms. The Balaban J connectivity index is 1.31. The van der Waals surface area contributed by atoms with Gasteiger partial charge in [0.25, 0.3) is 0 Å². The number of phenols is 1. The van der Waals surface area contributed by atoms with Crippen molar-refractivity contribution in [1.82, 2.24) is 84.1 Å². The Labute approximate surface area is 655 Å². The fourth-order valence-electron chi connectivity index (χ4n) is 12.1. The molecule has 2 aromatic heterocycles. The predicted octanol–water partition coefficient (Wildman–Crippen LogP) is -1.35. The van der Waals surface area contributed by atoms with E-state index in [0.29, 0.717) is 46.0 Å². The van der Waals surface area contributed by atoms with Gasteiger partial charge in [0.05, 0.1) is 24.6 Å². The number of fused-ring (bicyclic) bond motifs is 1. The van der Waals surface area contributed by atoms with E-state index in [1.807, 2.05) is 6.92 Å². The summed E-state index contributed by atoms with van der Waals surface area (Å²) in [6.07, 6.45) is 4.43. The molecule has 26 N–H and O–H groups in total. The highest BCUT2D eigenvalue weighted by Gasteiger charge is 2.38. The number of imidazole rings is 1. The van der Waals surface area contributed by atoms with E-state index in [9.17, 15) is 29.1 Å². The van der Waals surface area contributed by atoms with Crippen LogP contribution in [0.25, 0.3) is 10.9 Å². The third-order valence-corrected chi connectivity index (χ3v) is 20.5. The van der Waals surface area contributed by atoms with Crippen molar-refractivity contribution in [1.29, 1.82) is 10.8 Å². The number of nitrogens with two attached hydrogens (primary N) is 4. The molecule has 0 aliphatic carbocycles. The van der Waals surface area contributed by atoms with Crippen molar-refractivity contribution < 1.29 is 62.6 Å². The van der Waals surface area contributed by atoms with Crippen LogP contribution in [0, 0.1) is 16.7 Å². The largest absolute Gasteiger partial charge is 0.508 e. The molecule has 1 fully saturated rings. The lowest BCUT2D eigenvalue weighted by atomic mass is 10.00. The van der Waals surface area contributed by atoms with E-state index in [2.05, 4.69) is 84.1 Å². The number of carbonyl (C=O) groups excluding carboxylic acids is 12. The maximum absolute atomic E-state index is 15.5. The van der Waals surface area contributed by atoms with Crippen molar-refractivity contribution in [2.45, 2.75) is 164 Å². The third kappa shape index (κ3) is 28.9. The van der Waals surface area contributed by atoms with Gasteiger partial charge in [-0.1, -0.05) is 146 Å². The van der Waals surface area contributed by atoms with Crippen LogP contribution in [-0.2, 0) is 89.6 Å². The maximum Gasteiger partial charge on any atom is 0.244 e. The molecule has 6 aromatic rings. The summed E-state index contributed by atoms with van der Waals surface area (Å²) < 4.78 is 0. The van der Waals surface area contributed by atoms with Crippen molar-refractivity contribution in [2.24, 2.45) is 28.9 Å². The van der Waals surface area contributed by atoms with E-state index in [-0.39, 0.29) is 100 Å². The first-order chi connectivity index (χ1) is 53.6. The molecule has 0 saturated carbocycles. The number of phenolic OH excluding ortho intramolecular Hbond substituents is 1. The van der Waals surface area contributed by atoms with Gasteiger partial charge in [-0.25, -0.2) is 4.98 Å². The summed E-state index contributed by atoms with van der Waals surface area (Å²) in [7, 11) is 1.83. The number of H-pyrrole nitrogens is 2. The molecule has 35 nitrogen and oxygen atoms in total. The van der Waals surface area contributed by atoms with Gasteiger partial charge in [0.15, 0.2) is 11.9 Å². The number of hydrogen-bond acceptors (Lipinski definition) is 19. The average molecular weight is 1580 g/mol. The van der Waals surface area contributed by atoms with Gasteiger partial charge in [0.1, 0.15) is 66.2 Å². The first kappa shape index (κ1) is 87.5. The number of benzene rings is 4. The molecule has 0 bridgehead atoms. The van der Waals surface area contributed by atoms with E-state index < -0.39 is 162 Å². The second-order valence-corrected chi connectivity index (χ2v) is 29.9. The number of nitrogens with zero attached hydrogens (tertiary/aromatic N) is 1. The maximum atomic E-state index is 15.5. The molecule has 37 heteroatoms. The molecular weight excluding hydrogens is 1480 g/mol. The fourth-order valence-corrected chi connectivity index (χ4v) is 14.4. The summed E-state index contributed by atoms with van der Waals surface area (Å²) in [4.78, 5) is 186. The summed E-state index contributed by atoms with van der Waals surface area (Å²) in [5.74, 6) is -12.6. The zero-order valence-electron chi connectivity index (χ0n) is 62.5. The number of hydrogen-bond donors (Lipinski definition) is 22. The Morgan fingerprint density at radius 2 is 1.12 bits per heavy atom. The van der Waals surface area contributed by atoms with Gasteiger partial charge < -0.3 is 107 Å². The number of nitrogens with one attached hydrogen (secondary N) is 17. The first-order valence-corrected chi connectivity index (χ1v) is 39.3. The molecule has 4 aromatic carbocycles. The summed E-state index contributed by atoms with van der Waals surface area (Å²) >= 11 is 0. The number of primary amides is 1. The van der Waals surface area contributed by atoms with E-state index in [0.717, 1.165) is 21.6 Å². The van der Waals surface area contributed by atoms with Crippen LogP contribution in [0.5, 0.6) is 5.75 Å². The van der Waals surface area contributed by atoms with Crippen LogP contribution in [0.15, 0.2) is 128 Å². The van der Waals surface area contributed by atoms with Gasteiger partial charge in [-0.3, -0.25) is 68.4 Å². The monoisotopic (exact) mass is 1580 g/mol. The van der Waals surface area contributed by atoms with Crippen LogP contribution < -0.4 is 92.1 Å².